The second kappa shape index (κ2) is 6.00. The summed E-state index contributed by atoms with van der Waals surface area (Å²) in [7, 11) is 1.66. The molecule has 0 amide bonds. The Morgan fingerprint density at radius 1 is 1.41 bits per heavy atom. The molecule has 17 heavy (non-hydrogen) atoms. The van der Waals surface area contributed by atoms with E-state index in [4.69, 9.17) is 16.3 Å². The van der Waals surface area contributed by atoms with Gasteiger partial charge in [0.1, 0.15) is 5.75 Å². The van der Waals surface area contributed by atoms with Crippen LogP contribution < -0.4 is 10.1 Å². The molecule has 0 unspecified atom stereocenters. The van der Waals surface area contributed by atoms with Gasteiger partial charge in [-0.1, -0.05) is 11.6 Å². The Kier molecular flexibility index (Phi) is 4.36. The molecule has 2 rings (SSSR count). The molecule has 1 aromatic heterocycles. The van der Waals surface area contributed by atoms with Crippen LogP contribution in [0.3, 0.4) is 0 Å². The zero-order valence-electron chi connectivity index (χ0n) is 9.44. The van der Waals surface area contributed by atoms with Gasteiger partial charge in [0.25, 0.3) is 0 Å². The van der Waals surface area contributed by atoms with Crippen LogP contribution in [0.2, 0.25) is 5.02 Å². The van der Waals surface area contributed by atoms with E-state index in [2.05, 4.69) is 10.3 Å². The van der Waals surface area contributed by atoms with E-state index in [0.29, 0.717) is 6.54 Å². The van der Waals surface area contributed by atoms with E-state index in [9.17, 15) is 0 Å². The number of rotatable bonds is 5. The molecule has 0 atom stereocenters. The fraction of sp³-hybridized carbons (Fsp3) is 0.250. The van der Waals surface area contributed by atoms with Crippen molar-refractivity contribution in [2.75, 3.05) is 7.11 Å². The zero-order chi connectivity index (χ0) is 12.1. The summed E-state index contributed by atoms with van der Waals surface area (Å²) in [6.07, 6.45) is 0. The van der Waals surface area contributed by atoms with Gasteiger partial charge in [0.15, 0.2) is 0 Å². The summed E-state index contributed by atoms with van der Waals surface area (Å²) in [4.78, 5) is 4.21. The SMILES string of the molecule is COc1ccc(Cl)cc1CNCc1cscn1. The molecule has 0 aliphatic carbocycles. The molecule has 0 bridgehead atoms. The van der Waals surface area contributed by atoms with Crippen molar-refractivity contribution in [1.29, 1.82) is 0 Å². The summed E-state index contributed by atoms with van der Waals surface area (Å²) in [5.74, 6) is 0.847. The molecule has 0 saturated carbocycles. The van der Waals surface area contributed by atoms with Crippen LogP contribution in [0.25, 0.3) is 0 Å². The number of thiazole rings is 1. The van der Waals surface area contributed by atoms with Gasteiger partial charge in [-0.15, -0.1) is 11.3 Å². The topological polar surface area (TPSA) is 34.1 Å². The number of hydrogen-bond acceptors (Lipinski definition) is 4. The minimum Gasteiger partial charge on any atom is -0.496 e. The van der Waals surface area contributed by atoms with Crippen molar-refractivity contribution < 1.29 is 4.74 Å². The van der Waals surface area contributed by atoms with Gasteiger partial charge in [-0.25, -0.2) is 4.98 Å². The molecule has 0 radical (unpaired) electrons. The Balaban J connectivity index is 1.96. The number of halogens is 1. The van der Waals surface area contributed by atoms with Crippen molar-refractivity contribution in [3.63, 3.8) is 0 Å². The highest BCUT2D eigenvalue weighted by molar-refractivity contribution is 7.07. The molecule has 0 aliphatic rings. The second-order valence-corrected chi connectivity index (χ2v) is 4.69. The lowest BCUT2D eigenvalue weighted by molar-refractivity contribution is 0.407. The van der Waals surface area contributed by atoms with Crippen molar-refractivity contribution in [3.05, 3.63) is 45.4 Å². The van der Waals surface area contributed by atoms with E-state index in [1.165, 1.54) is 0 Å². The Morgan fingerprint density at radius 3 is 3.00 bits per heavy atom. The molecule has 90 valence electrons. The summed E-state index contributed by atoms with van der Waals surface area (Å²) in [5.41, 5.74) is 3.93. The fourth-order valence-electron chi connectivity index (χ4n) is 1.54. The summed E-state index contributed by atoms with van der Waals surface area (Å²) < 4.78 is 5.28. The zero-order valence-corrected chi connectivity index (χ0v) is 11.0. The predicted molar refractivity (Wildman–Crippen MR) is 70.7 cm³/mol. The highest BCUT2D eigenvalue weighted by Gasteiger charge is 2.03. The average molecular weight is 269 g/mol. The van der Waals surface area contributed by atoms with Crippen molar-refractivity contribution >= 4 is 22.9 Å². The highest BCUT2D eigenvalue weighted by Crippen LogP contribution is 2.22. The van der Waals surface area contributed by atoms with Crippen LogP contribution >= 0.6 is 22.9 Å². The first-order valence-electron chi connectivity index (χ1n) is 5.20. The monoisotopic (exact) mass is 268 g/mol. The molecule has 1 aromatic carbocycles. The molecular weight excluding hydrogens is 256 g/mol. The number of nitrogens with zero attached hydrogens (tertiary/aromatic N) is 1. The fourth-order valence-corrected chi connectivity index (χ4v) is 2.29. The van der Waals surface area contributed by atoms with Crippen molar-refractivity contribution in [2.45, 2.75) is 13.1 Å². The Bertz CT molecular complexity index is 473. The summed E-state index contributed by atoms with van der Waals surface area (Å²) in [6, 6.07) is 5.61. The van der Waals surface area contributed by atoms with Gasteiger partial charge in [-0.05, 0) is 18.2 Å². The normalized spacial score (nSPS) is 10.5. The van der Waals surface area contributed by atoms with E-state index in [-0.39, 0.29) is 0 Å². The van der Waals surface area contributed by atoms with E-state index in [1.54, 1.807) is 18.4 Å². The number of nitrogens with one attached hydrogen (secondary N) is 1. The maximum atomic E-state index is 5.96. The van der Waals surface area contributed by atoms with E-state index < -0.39 is 0 Å². The van der Waals surface area contributed by atoms with Crippen molar-refractivity contribution in [2.24, 2.45) is 0 Å². The molecule has 1 N–H and O–H groups in total. The van der Waals surface area contributed by atoms with E-state index in [1.807, 2.05) is 29.1 Å². The number of aromatic nitrogens is 1. The molecular formula is C12H13ClN2OS. The largest absolute Gasteiger partial charge is 0.496 e. The first kappa shape index (κ1) is 12.4. The third kappa shape index (κ3) is 3.43. The lowest BCUT2D eigenvalue weighted by Gasteiger charge is -2.09. The molecule has 3 nitrogen and oxygen atoms in total. The average Bonchev–Trinajstić information content (AvgIpc) is 2.82. The minimum absolute atomic E-state index is 0.710. The third-order valence-electron chi connectivity index (χ3n) is 2.35. The Labute approximate surface area is 109 Å². The van der Waals surface area contributed by atoms with Crippen LogP contribution in [-0.4, -0.2) is 12.1 Å². The number of ether oxygens (including phenoxy) is 1. The van der Waals surface area contributed by atoms with Gasteiger partial charge in [-0.2, -0.15) is 0 Å². The number of methoxy groups -OCH3 is 1. The first-order valence-corrected chi connectivity index (χ1v) is 6.52. The molecule has 0 fully saturated rings. The predicted octanol–water partition coefficient (Wildman–Crippen LogP) is 3.09. The lowest BCUT2D eigenvalue weighted by Crippen LogP contribution is -2.13. The van der Waals surface area contributed by atoms with Gasteiger partial charge >= 0.3 is 0 Å². The Morgan fingerprint density at radius 2 is 2.29 bits per heavy atom. The molecule has 0 spiro atoms. The van der Waals surface area contributed by atoms with Crippen LogP contribution in [0.5, 0.6) is 5.75 Å². The standard InChI is InChI=1S/C12H13ClN2OS/c1-16-12-3-2-10(13)4-9(12)5-14-6-11-7-17-8-15-11/h2-4,7-8,14H,5-6H2,1H3. The highest BCUT2D eigenvalue weighted by atomic mass is 35.5. The smallest absolute Gasteiger partial charge is 0.123 e. The second-order valence-electron chi connectivity index (χ2n) is 3.54. The first-order chi connectivity index (χ1) is 8.29. The molecule has 0 aliphatic heterocycles. The minimum atomic E-state index is 0.710. The third-order valence-corrected chi connectivity index (χ3v) is 3.22. The van der Waals surface area contributed by atoms with E-state index in [0.717, 1.165) is 28.6 Å². The molecule has 1 heterocycles. The van der Waals surface area contributed by atoms with Crippen LogP contribution in [0.15, 0.2) is 29.1 Å². The number of benzene rings is 1. The molecule has 5 heteroatoms. The van der Waals surface area contributed by atoms with Crippen molar-refractivity contribution in [3.8, 4) is 5.75 Å². The molecule has 0 saturated heterocycles. The van der Waals surface area contributed by atoms with Crippen LogP contribution in [0, 0.1) is 0 Å². The van der Waals surface area contributed by atoms with Crippen molar-refractivity contribution in [1.82, 2.24) is 10.3 Å². The Hall–Kier alpha value is -1.10. The van der Waals surface area contributed by atoms with Crippen LogP contribution in [-0.2, 0) is 13.1 Å². The summed E-state index contributed by atoms with van der Waals surface area (Å²) in [6.45, 7) is 1.46. The van der Waals surface area contributed by atoms with E-state index >= 15 is 0 Å². The summed E-state index contributed by atoms with van der Waals surface area (Å²) in [5, 5.41) is 6.06. The lowest BCUT2D eigenvalue weighted by atomic mass is 10.2. The van der Waals surface area contributed by atoms with Gasteiger partial charge < -0.3 is 10.1 Å². The van der Waals surface area contributed by atoms with Gasteiger partial charge in [0.05, 0.1) is 18.3 Å². The molecule has 2 aromatic rings. The maximum absolute atomic E-state index is 5.96. The maximum Gasteiger partial charge on any atom is 0.123 e. The number of hydrogen-bond donors (Lipinski definition) is 1. The van der Waals surface area contributed by atoms with Gasteiger partial charge in [-0.3, -0.25) is 0 Å². The van der Waals surface area contributed by atoms with Gasteiger partial charge in [0, 0.05) is 29.1 Å². The van der Waals surface area contributed by atoms with Gasteiger partial charge in [0.2, 0.25) is 0 Å². The quantitative estimate of drug-likeness (QED) is 0.905. The van der Waals surface area contributed by atoms with Crippen LogP contribution in [0.1, 0.15) is 11.3 Å². The van der Waals surface area contributed by atoms with Crippen LogP contribution in [0.4, 0.5) is 0 Å². The summed E-state index contributed by atoms with van der Waals surface area (Å²) >= 11 is 7.56.